The fourth-order valence-corrected chi connectivity index (χ4v) is 3.85. The van der Waals surface area contributed by atoms with Crippen molar-refractivity contribution < 1.29 is 23.9 Å². The van der Waals surface area contributed by atoms with E-state index < -0.39 is 6.09 Å². The Kier molecular flexibility index (Phi) is 12.1. The van der Waals surface area contributed by atoms with E-state index in [1.165, 1.54) is 7.11 Å². The number of hydrogen-bond acceptors (Lipinski definition) is 6. The van der Waals surface area contributed by atoms with Crippen LogP contribution < -0.4 is 11.1 Å². The number of benzene rings is 1. The number of esters is 1. The molecular formula is C25H38N4O5. The van der Waals surface area contributed by atoms with Gasteiger partial charge in [0.15, 0.2) is 0 Å². The summed E-state index contributed by atoms with van der Waals surface area (Å²) >= 11 is 0. The maximum absolute atomic E-state index is 12.3. The van der Waals surface area contributed by atoms with Crippen molar-refractivity contribution in [3.8, 4) is 0 Å². The number of piperidine rings is 1. The smallest absolute Gasteiger partial charge is 0.435 e. The lowest BCUT2D eigenvalue weighted by Crippen LogP contribution is -2.37. The maximum Gasteiger partial charge on any atom is 0.435 e. The molecule has 0 bridgehead atoms. The van der Waals surface area contributed by atoms with E-state index in [0.29, 0.717) is 36.7 Å². The third-order valence-electron chi connectivity index (χ3n) is 5.97. The number of amidine groups is 1. The third-order valence-corrected chi connectivity index (χ3v) is 5.97. The van der Waals surface area contributed by atoms with Crippen LogP contribution in [0.25, 0.3) is 0 Å². The minimum absolute atomic E-state index is 0.0435. The second-order valence-electron chi connectivity index (χ2n) is 8.63. The van der Waals surface area contributed by atoms with Gasteiger partial charge in [0.05, 0.1) is 20.3 Å². The molecule has 0 atom stereocenters. The van der Waals surface area contributed by atoms with Crippen molar-refractivity contribution >= 4 is 29.5 Å². The second-order valence-corrected chi connectivity index (χ2v) is 8.63. The van der Waals surface area contributed by atoms with Crippen molar-refractivity contribution in [2.24, 2.45) is 16.6 Å². The summed E-state index contributed by atoms with van der Waals surface area (Å²) < 4.78 is 9.78. The first-order valence-electron chi connectivity index (χ1n) is 12.1. The number of anilines is 1. The highest BCUT2D eigenvalue weighted by atomic mass is 16.5. The third kappa shape index (κ3) is 10.3. The number of amides is 2. The normalized spacial score (nSPS) is 15.1. The quantitative estimate of drug-likeness (QED) is 0.205. The average molecular weight is 475 g/mol. The number of carbonyl (C=O) groups is 3. The van der Waals surface area contributed by atoms with Gasteiger partial charge in [-0.25, -0.2) is 4.79 Å². The monoisotopic (exact) mass is 474 g/mol. The number of nitrogens with zero attached hydrogens (tertiary/aromatic N) is 2. The first-order valence-corrected chi connectivity index (χ1v) is 12.1. The molecule has 0 aliphatic carbocycles. The van der Waals surface area contributed by atoms with Crippen molar-refractivity contribution in [1.29, 1.82) is 0 Å². The molecule has 1 aromatic rings. The summed E-state index contributed by atoms with van der Waals surface area (Å²) in [6.45, 7) is 4.48. The van der Waals surface area contributed by atoms with Gasteiger partial charge in [0.25, 0.3) is 0 Å². The average Bonchev–Trinajstić information content (AvgIpc) is 2.83. The first kappa shape index (κ1) is 27.3. The largest absolute Gasteiger partial charge is 0.468 e. The minimum Gasteiger partial charge on any atom is -0.468 e. The molecule has 9 nitrogen and oxygen atoms in total. The van der Waals surface area contributed by atoms with E-state index in [0.717, 1.165) is 58.0 Å². The number of rotatable bonds is 12. The van der Waals surface area contributed by atoms with Gasteiger partial charge in [-0.2, -0.15) is 4.99 Å². The number of likely N-dealkylation sites (tertiary alicyclic amines) is 1. The topological polar surface area (TPSA) is 123 Å². The Morgan fingerprint density at radius 3 is 2.47 bits per heavy atom. The molecule has 0 spiro atoms. The van der Waals surface area contributed by atoms with Gasteiger partial charge in [-0.15, -0.1) is 0 Å². The first-order chi connectivity index (χ1) is 16.4. The van der Waals surface area contributed by atoms with Crippen LogP contribution in [0.5, 0.6) is 0 Å². The van der Waals surface area contributed by atoms with E-state index >= 15 is 0 Å². The molecule has 2 amide bonds. The molecule has 188 valence electrons. The van der Waals surface area contributed by atoms with Crippen molar-refractivity contribution in [3.05, 3.63) is 29.8 Å². The standard InChI is InChI=1S/C25H38N4O5/c1-3-4-5-6-17-34-25(32)28-24(26)20-8-10-21(11-9-20)27-22(30)12-7-19-13-15-29(16-14-19)18-23(31)33-2/h8-11,19H,3-7,12-18H2,1-2H3,(H,27,30)(H2,26,28,32). The van der Waals surface area contributed by atoms with Gasteiger partial charge in [-0.1, -0.05) is 26.2 Å². The van der Waals surface area contributed by atoms with Crippen LogP contribution in [0.1, 0.15) is 63.9 Å². The van der Waals surface area contributed by atoms with Crippen molar-refractivity contribution in [2.45, 2.75) is 58.3 Å². The fraction of sp³-hybridized carbons (Fsp3) is 0.600. The minimum atomic E-state index is -0.692. The van der Waals surface area contributed by atoms with Crippen LogP contribution in [0.15, 0.2) is 29.3 Å². The van der Waals surface area contributed by atoms with Crippen molar-refractivity contribution in [1.82, 2.24) is 4.90 Å². The molecule has 0 radical (unpaired) electrons. The number of methoxy groups -OCH3 is 1. The molecule has 34 heavy (non-hydrogen) atoms. The highest BCUT2D eigenvalue weighted by Crippen LogP contribution is 2.22. The molecule has 1 saturated heterocycles. The van der Waals surface area contributed by atoms with E-state index in [4.69, 9.17) is 15.2 Å². The molecule has 0 saturated carbocycles. The second kappa shape index (κ2) is 15.1. The van der Waals surface area contributed by atoms with Gasteiger partial charge < -0.3 is 20.5 Å². The number of ether oxygens (including phenoxy) is 2. The number of nitrogens with one attached hydrogen (secondary N) is 1. The summed E-state index contributed by atoms with van der Waals surface area (Å²) in [5.41, 5.74) is 7.15. The number of unbranched alkanes of at least 4 members (excludes halogenated alkanes) is 3. The number of carbonyl (C=O) groups excluding carboxylic acids is 3. The van der Waals surface area contributed by atoms with Crippen LogP contribution in [0, 0.1) is 5.92 Å². The van der Waals surface area contributed by atoms with E-state index in [1.807, 2.05) is 0 Å². The molecule has 1 aromatic carbocycles. The van der Waals surface area contributed by atoms with Crippen LogP contribution in [-0.4, -0.2) is 62.1 Å². The number of hydrogen-bond donors (Lipinski definition) is 2. The van der Waals surface area contributed by atoms with E-state index in [2.05, 4.69) is 22.1 Å². The van der Waals surface area contributed by atoms with E-state index in [-0.39, 0.29) is 17.7 Å². The van der Waals surface area contributed by atoms with Crippen molar-refractivity contribution in [3.63, 3.8) is 0 Å². The van der Waals surface area contributed by atoms with Crippen LogP contribution in [0.4, 0.5) is 10.5 Å². The van der Waals surface area contributed by atoms with Gasteiger partial charge in [-0.05, 0) is 69.0 Å². The molecule has 0 aromatic heterocycles. The number of aliphatic imine (C=N–C) groups is 1. The summed E-state index contributed by atoms with van der Waals surface area (Å²) in [4.78, 5) is 41.4. The lowest BCUT2D eigenvalue weighted by molar-refractivity contribution is -0.142. The predicted molar refractivity (Wildman–Crippen MR) is 132 cm³/mol. The molecule has 1 fully saturated rings. The molecule has 1 aliphatic heterocycles. The SMILES string of the molecule is CCCCCCOC(=O)/N=C(\N)c1ccc(NC(=O)CCC2CCN(CC(=O)OC)CC2)cc1. The lowest BCUT2D eigenvalue weighted by atomic mass is 9.92. The predicted octanol–water partition coefficient (Wildman–Crippen LogP) is 3.71. The Labute approximate surface area is 202 Å². The van der Waals surface area contributed by atoms with Gasteiger partial charge >= 0.3 is 12.1 Å². The summed E-state index contributed by atoms with van der Waals surface area (Å²) in [5, 5.41) is 2.89. The maximum atomic E-state index is 12.3. The van der Waals surface area contributed by atoms with Gasteiger partial charge in [0.1, 0.15) is 5.84 Å². The van der Waals surface area contributed by atoms with Gasteiger partial charge in [0.2, 0.25) is 5.91 Å². The molecule has 0 unspecified atom stereocenters. The van der Waals surface area contributed by atoms with E-state index in [9.17, 15) is 14.4 Å². The van der Waals surface area contributed by atoms with Gasteiger partial charge in [-0.3, -0.25) is 14.5 Å². The zero-order valence-electron chi connectivity index (χ0n) is 20.4. The van der Waals surface area contributed by atoms with Crippen molar-refractivity contribution in [2.75, 3.05) is 38.7 Å². The fourth-order valence-electron chi connectivity index (χ4n) is 3.85. The van der Waals surface area contributed by atoms with E-state index in [1.54, 1.807) is 24.3 Å². The zero-order valence-corrected chi connectivity index (χ0v) is 20.4. The molecule has 9 heteroatoms. The summed E-state index contributed by atoms with van der Waals surface area (Å²) in [7, 11) is 1.40. The molecular weight excluding hydrogens is 436 g/mol. The van der Waals surface area contributed by atoms with Crippen LogP contribution in [-0.2, 0) is 19.1 Å². The summed E-state index contributed by atoms with van der Waals surface area (Å²) in [6.07, 6.45) is 6.58. The highest BCUT2D eigenvalue weighted by molar-refractivity contribution is 6.03. The molecule has 1 aliphatic rings. The highest BCUT2D eigenvalue weighted by Gasteiger charge is 2.21. The van der Waals surface area contributed by atoms with Crippen LogP contribution in [0.3, 0.4) is 0 Å². The molecule has 1 heterocycles. The Bertz CT molecular complexity index is 817. The lowest BCUT2D eigenvalue weighted by Gasteiger charge is -2.30. The summed E-state index contributed by atoms with van der Waals surface area (Å²) in [5.74, 6) is 0.298. The Balaban J connectivity index is 1.70. The Morgan fingerprint density at radius 2 is 1.82 bits per heavy atom. The Hall–Kier alpha value is -2.94. The molecule has 3 N–H and O–H groups in total. The number of nitrogens with two attached hydrogens (primary N) is 1. The Morgan fingerprint density at radius 1 is 1.12 bits per heavy atom. The molecule has 2 rings (SSSR count). The van der Waals surface area contributed by atoms with Crippen LogP contribution >= 0.6 is 0 Å². The van der Waals surface area contributed by atoms with Gasteiger partial charge in [0, 0.05) is 17.7 Å². The summed E-state index contributed by atoms with van der Waals surface area (Å²) in [6, 6.07) is 6.88. The van der Waals surface area contributed by atoms with Crippen LogP contribution in [0.2, 0.25) is 0 Å². The zero-order chi connectivity index (χ0) is 24.8.